The highest BCUT2D eigenvalue weighted by Gasteiger charge is 2.39. The fraction of sp³-hybridized carbons (Fsp3) is 0.237. The summed E-state index contributed by atoms with van der Waals surface area (Å²) in [4.78, 5) is 31.6. The van der Waals surface area contributed by atoms with E-state index >= 15 is 0 Å². The summed E-state index contributed by atoms with van der Waals surface area (Å²) in [6.45, 7) is 2.36. The van der Waals surface area contributed by atoms with Gasteiger partial charge in [-0.15, -0.1) is 0 Å². The van der Waals surface area contributed by atoms with Gasteiger partial charge < -0.3 is 19.1 Å². The van der Waals surface area contributed by atoms with Crippen molar-refractivity contribution in [1.29, 1.82) is 0 Å². The maximum Gasteiger partial charge on any atom is 0.261 e. The van der Waals surface area contributed by atoms with Crippen molar-refractivity contribution in [3.05, 3.63) is 143 Å². The first kappa shape index (κ1) is 31.1. The van der Waals surface area contributed by atoms with Crippen molar-refractivity contribution in [2.24, 2.45) is 13.0 Å². The first-order valence-corrected chi connectivity index (χ1v) is 16.6. The Labute approximate surface area is 278 Å². The van der Waals surface area contributed by atoms with Gasteiger partial charge in [-0.25, -0.2) is 4.98 Å². The lowest BCUT2D eigenvalue weighted by Crippen LogP contribution is -2.38. The number of aliphatic hydroxyl groups excluding tert-OH is 1. The number of nitrogens with zero attached hydrogens (tertiary/aromatic N) is 3. The number of aliphatic hydroxyl groups is 1. The molecule has 0 radical (unpaired) electrons. The van der Waals surface area contributed by atoms with Gasteiger partial charge in [0, 0.05) is 36.7 Å². The second kappa shape index (κ2) is 13.3. The van der Waals surface area contributed by atoms with Crippen LogP contribution in [0.4, 0.5) is 0 Å². The third kappa shape index (κ3) is 6.27. The van der Waals surface area contributed by atoms with Gasteiger partial charge in [0.1, 0.15) is 0 Å². The van der Waals surface area contributed by atoms with Gasteiger partial charge in [0.2, 0.25) is 0 Å². The molecule has 4 atom stereocenters. The number of hydrogen-bond donors (Lipinski definition) is 1. The van der Waals surface area contributed by atoms with Crippen LogP contribution in [0.5, 0.6) is 0 Å². The SMILES string of the molecule is C[C@@H]1[C@H](CSc2nccn2C)O[C@H](c2ccc(-c3cccc(CN4C(=O)c5ccccc5C4=O)c3)cc2)O[C@@H]1c1ccc(CO)cc1. The predicted molar refractivity (Wildman–Crippen MR) is 179 cm³/mol. The van der Waals surface area contributed by atoms with Crippen LogP contribution in [0.15, 0.2) is 115 Å². The number of aromatic nitrogens is 2. The smallest absolute Gasteiger partial charge is 0.261 e. The highest BCUT2D eigenvalue weighted by atomic mass is 32.2. The highest BCUT2D eigenvalue weighted by Crippen LogP contribution is 2.43. The van der Waals surface area contributed by atoms with Crippen LogP contribution in [0.1, 0.15) is 62.3 Å². The molecule has 0 unspecified atom stereocenters. The fourth-order valence-electron chi connectivity index (χ4n) is 6.20. The van der Waals surface area contributed by atoms with Crippen LogP contribution < -0.4 is 0 Å². The topological polar surface area (TPSA) is 93.9 Å². The Bertz CT molecular complexity index is 1870. The molecular formula is C38H35N3O5S. The summed E-state index contributed by atoms with van der Waals surface area (Å²) in [6.07, 6.45) is 2.86. The van der Waals surface area contributed by atoms with Crippen molar-refractivity contribution in [2.75, 3.05) is 5.75 Å². The zero-order valence-corrected chi connectivity index (χ0v) is 27.0. The summed E-state index contributed by atoms with van der Waals surface area (Å²) in [5, 5.41) is 10.5. The molecule has 0 bridgehead atoms. The molecule has 2 aliphatic rings. The Kier molecular flexibility index (Phi) is 8.79. The largest absolute Gasteiger partial charge is 0.392 e. The van der Waals surface area contributed by atoms with E-state index in [-0.39, 0.29) is 43.1 Å². The zero-order valence-electron chi connectivity index (χ0n) is 26.2. The standard InChI is InChI=1S/C38H35N3O5S/c1-24-33(23-47-38-39-18-19-40(38)2)45-37(46-34(24)28-12-10-25(22-42)11-13-28)29-16-14-27(15-17-29)30-7-5-6-26(20-30)21-41-35(43)31-8-3-4-9-32(31)36(41)44/h3-20,24,33-34,37,42H,21-23H2,1-2H3/t24-,33+,34+,37+/m1/s1. The molecular weight excluding hydrogens is 611 g/mol. The molecule has 5 aromatic rings. The number of rotatable bonds is 9. The monoisotopic (exact) mass is 645 g/mol. The van der Waals surface area contributed by atoms with Crippen LogP contribution in [-0.2, 0) is 29.7 Å². The van der Waals surface area contributed by atoms with Gasteiger partial charge >= 0.3 is 0 Å². The lowest BCUT2D eigenvalue weighted by atomic mass is 9.91. The molecule has 9 heteroatoms. The van der Waals surface area contributed by atoms with E-state index in [1.807, 2.05) is 90.6 Å². The van der Waals surface area contributed by atoms with Crippen LogP contribution in [0, 0.1) is 5.92 Å². The molecule has 1 aromatic heterocycles. The van der Waals surface area contributed by atoms with E-state index in [4.69, 9.17) is 9.47 Å². The predicted octanol–water partition coefficient (Wildman–Crippen LogP) is 6.96. The van der Waals surface area contributed by atoms with Crippen LogP contribution >= 0.6 is 11.8 Å². The Morgan fingerprint density at radius 2 is 1.51 bits per heavy atom. The van der Waals surface area contributed by atoms with Crippen molar-refractivity contribution >= 4 is 23.6 Å². The van der Waals surface area contributed by atoms with Gasteiger partial charge in [-0.3, -0.25) is 14.5 Å². The minimum absolute atomic E-state index is 0.00591. The van der Waals surface area contributed by atoms with E-state index in [0.29, 0.717) is 11.1 Å². The van der Waals surface area contributed by atoms with Crippen LogP contribution in [0.2, 0.25) is 0 Å². The van der Waals surface area contributed by atoms with Crippen LogP contribution in [-0.4, -0.2) is 43.2 Å². The van der Waals surface area contributed by atoms with E-state index < -0.39 is 6.29 Å². The molecule has 7 rings (SSSR count). The third-order valence-corrected chi connectivity index (χ3v) is 10.1. The van der Waals surface area contributed by atoms with Crippen molar-refractivity contribution < 1.29 is 24.2 Å². The number of carbonyl (C=O) groups is 2. The molecule has 4 aromatic carbocycles. The van der Waals surface area contributed by atoms with Gasteiger partial charge in [0.05, 0.1) is 36.5 Å². The molecule has 2 amide bonds. The summed E-state index contributed by atoms with van der Waals surface area (Å²) >= 11 is 1.67. The number of thioether (sulfide) groups is 1. The van der Waals surface area contributed by atoms with Crippen LogP contribution in [0.3, 0.4) is 0 Å². The number of amides is 2. The van der Waals surface area contributed by atoms with E-state index in [1.165, 1.54) is 4.90 Å². The number of carbonyl (C=O) groups excluding carboxylic acids is 2. The van der Waals surface area contributed by atoms with Gasteiger partial charge in [0.15, 0.2) is 11.4 Å². The molecule has 238 valence electrons. The Balaban J connectivity index is 1.10. The molecule has 1 N–H and O–H groups in total. The summed E-state index contributed by atoms with van der Waals surface area (Å²) in [5.41, 5.74) is 6.57. The Morgan fingerprint density at radius 3 is 2.17 bits per heavy atom. The van der Waals surface area contributed by atoms with Crippen molar-refractivity contribution in [1.82, 2.24) is 14.5 Å². The lowest BCUT2D eigenvalue weighted by molar-refractivity contribution is -0.268. The number of hydrogen-bond acceptors (Lipinski definition) is 7. The number of fused-ring (bicyclic) bond motifs is 1. The quantitative estimate of drug-likeness (QED) is 0.137. The number of imide groups is 1. The molecule has 1 saturated heterocycles. The van der Waals surface area contributed by atoms with Gasteiger partial charge in [-0.2, -0.15) is 0 Å². The molecule has 3 heterocycles. The molecule has 47 heavy (non-hydrogen) atoms. The van der Waals surface area contributed by atoms with E-state index in [1.54, 1.807) is 42.2 Å². The van der Waals surface area contributed by atoms with Crippen molar-refractivity contribution in [3.63, 3.8) is 0 Å². The lowest BCUT2D eigenvalue weighted by Gasteiger charge is -2.41. The fourth-order valence-corrected chi connectivity index (χ4v) is 7.30. The average molecular weight is 646 g/mol. The maximum atomic E-state index is 12.9. The molecule has 0 aliphatic carbocycles. The molecule has 0 saturated carbocycles. The number of imidazole rings is 1. The zero-order chi connectivity index (χ0) is 32.5. The first-order chi connectivity index (χ1) is 22.9. The van der Waals surface area contributed by atoms with Crippen LogP contribution in [0.25, 0.3) is 11.1 Å². The van der Waals surface area contributed by atoms with E-state index in [9.17, 15) is 14.7 Å². The van der Waals surface area contributed by atoms with Crippen molar-refractivity contribution in [3.8, 4) is 11.1 Å². The molecule has 0 spiro atoms. The maximum absolute atomic E-state index is 12.9. The normalized spacial score (nSPS) is 20.9. The number of benzene rings is 4. The second-order valence-electron chi connectivity index (χ2n) is 12.0. The summed E-state index contributed by atoms with van der Waals surface area (Å²) in [6, 6.07) is 30.9. The van der Waals surface area contributed by atoms with Gasteiger partial charge in [-0.1, -0.05) is 97.5 Å². The van der Waals surface area contributed by atoms with Crippen molar-refractivity contribution in [2.45, 2.75) is 43.7 Å². The number of aryl methyl sites for hydroxylation is 1. The minimum Gasteiger partial charge on any atom is -0.392 e. The summed E-state index contributed by atoms with van der Waals surface area (Å²) < 4.78 is 15.3. The summed E-state index contributed by atoms with van der Waals surface area (Å²) in [7, 11) is 1.99. The summed E-state index contributed by atoms with van der Waals surface area (Å²) in [5.74, 6) is 0.265. The minimum atomic E-state index is -0.574. The highest BCUT2D eigenvalue weighted by molar-refractivity contribution is 7.99. The van der Waals surface area contributed by atoms with E-state index in [2.05, 4.69) is 11.9 Å². The molecule has 2 aliphatic heterocycles. The van der Waals surface area contributed by atoms with Gasteiger partial charge in [-0.05, 0) is 46.0 Å². The first-order valence-electron chi connectivity index (χ1n) is 15.6. The third-order valence-electron chi connectivity index (χ3n) is 8.94. The second-order valence-corrected chi connectivity index (χ2v) is 13.0. The Morgan fingerprint density at radius 1 is 0.809 bits per heavy atom. The van der Waals surface area contributed by atoms with Gasteiger partial charge in [0.25, 0.3) is 11.8 Å². The number of ether oxygens (including phenoxy) is 2. The average Bonchev–Trinajstić information content (AvgIpc) is 3.63. The molecule has 1 fully saturated rings. The van der Waals surface area contributed by atoms with E-state index in [0.717, 1.165) is 44.3 Å². The Hall–Kier alpha value is -4.54. The molecule has 8 nitrogen and oxygen atoms in total.